The topological polar surface area (TPSA) is 125 Å². The number of ether oxygens (including phenoxy) is 1. The lowest BCUT2D eigenvalue weighted by molar-refractivity contribution is -0.394. The Labute approximate surface area is 136 Å². The molecule has 0 aliphatic heterocycles. The normalized spacial score (nSPS) is 10.0. The lowest BCUT2D eigenvalue weighted by atomic mass is 10.2. The van der Waals surface area contributed by atoms with Gasteiger partial charge in [0.25, 0.3) is 11.6 Å². The van der Waals surface area contributed by atoms with Crippen LogP contribution in [0.1, 0.15) is 5.56 Å². The van der Waals surface area contributed by atoms with Crippen molar-refractivity contribution in [2.45, 2.75) is 6.92 Å². The number of non-ortho nitro benzene ring substituents is 1. The van der Waals surface area contributed by atoms with E-state index < -0.39 is 33.7 Å². The minimum absolute atomic E-state index is 0.217. The zero-order valence-corrected chi connectivity index (χ0v) is 12.6. The molecular formula is C15H13N3O6. The first kappa shape index (κ1) is 16.9. The smallest absolute Gasteiger partial charge is 0.317 e. The standard InChI is InChI=1S/C15H13N3O6/c1-10-4-2-3-5-12(10)16-15(19)9-24-14-7-6-11(17(20)21)8-13(14)18(22)23/h2-8H,9H2,1H3,(H,16,19). The molecule has 0 fully saturated rings. The van der Waals surface area contributed by atoms with E-state index in [-0.39, 0.29) is 5.75 Å². The van der Waals surface area contributed by atoms with Crippen LogP contribution in [0.5, 0.6) is 5.75 Å². The molecule has 0 aromatic heterocycles. The first-order chi connectivity index (χ1) is 11.4. The molecule has 0 aliphatic carbocycles. The molecule has 0 atom stereocenters. The number of aryl methyl sites for hydroxylation is 1. The predicted octanol–water partition coefficient (Wildman–Crippen LogP) is 2.83. The molecule has 2 aromatic rings. The van der Waals surface area contributed by atoms with Gasteiger partial charge in [0.15, 0.2) is 12.4 Å². The molecule has 2 rings (SSSR count). The van der Waals surface area contributed by atoms with Crippen LogP contribution in [0.15, 0.2) is 42.5 Å². The molecule has 0 saturated carbocycles. The summed E-state index contributed by atoms with van der Waals surface area (Å²) in [6.07, 6.45) is 0. The van der Waals surface area contributed by atoms with E-state index in [0.29, 0.717) is 5.69 Å². The van der Waals surface area contributed by atoms with Crippen molar-refractivity contribution in [1.29, 1.82) is 0 Å². The quantitative estimate of drug-likeness (QED) is 0.641. The minimum Gasteiger partial charge on any atom is -0.477 e. The third-order valence-electron chi connectivity index (χ3n) is 3.13. The molecule has 9 heteroatoms. The minimum atomic E-state index is -0.804. The van der Waals surface area contributed by atoms with Crippen molar-refractivity contribution >= 4 is 23.0 Å². The molecular weight excluding hydrogens is 318 g/mol. The maximum atomic E-state index is 11.9. The second kappa shape index (κ2) is 7.18. The van der Waals surface area contributed by atoms with Crippen molar-refractivity contribution in [2.75, 3.05) is 11.9 Å². The lowest BCUT2D eigenvalue weighted by Crippen LogP contribution is -2.20. The molecule has 1 N–H and O–H groups in total. The van der Waals surface area contributed by atoms with Gasteiger partial charge in [-0.3, -0.25) is 25.0 Å². The van der Waals surface area contributed by atoms with Gasteiger partial charge in [-0.05, 0) is 24.6 Å². The molecule has 0 spiro atoms. The number of carbonyl (C=O) groups is 1. The molecule has 0 bridgehead atoms. The van der Waals surface area contributed by atoms with E-state index >= 15 is 0 Å². The van der Waals surface area contributed by atoms with E-state index in [1.807, 2.05) is 19.1 Å². The average molecular weight is 331 g/mol. The summed E-state index contributed by atoms with van der Waals surface area (Å²) in [5.74, 6) is -0.720. The summed E-state index contributed by atoms with van der Waals surface area (Å²) < 4.78 is 5.13. The van der Waals surface area contributed by atoms with Gasteiger partial charge in [-0.2, -0.15) is 0 Å². The number of nitro benzene ring substituents is 2. The van der Waals surface area contributed by atoms with Crippen molar-refractivity contribution < 1.29 is 19.4 Å². The highest BCUT2D eigenvalue weighted by Crippen LogP contribution is 2.30. The fourth-order valence-corrected chi connectivity index (χ4v) is 1.93. The zero-order chi connectivity index (χ0) is 17.7. The summed E-state index contributed by atoms with van der Waals surface area (Å²) >= 11 is 0. The number of hydrogen-bond donors (Lipinski definition) is 1. The van der Waals surface area contributed by atoms with E-state index in [1.165, 1.54) is 0 Å². The van der Waals surface area contributed by atoms with Crippen molar-refractivity contribution in [3.8, 4) is 5.75 Å². The van der Waals surface area contributed by atoms with Crippen molar-refractivity contribution in [3.05, 3.63) is 68.3 Å². The number of nitro groups is 2. The molecule has 1 amide bonds. The number of nitrogens with one attached hydrogen (secondary N) is 1. The molecule has 0 unspecified atom stereocenters. The molecule has 9 nitrogen and oxygen atoms in total. The summed E-state index contributed by atoms with van der Waals surface area (Å²) in [5, 5.41) is 24.3. The average Bonchev–Trinajstić information content (AvgIpc) is 2.54. The van der Waals surface area contributed by atoms with Crippen LogP contribution in [0.4, 0.5) is 17.1 Å². The Hall–Kier alpha value is -3.49. The maximum Gasteiger partial charge on any atom is 0.317 e. The third-order valence-corrected chi connectivity index (χ3v) is 3.13. The van der Waals surface area contributed by atoms with E-state index in [1.54, 1.807) is 12.1 Å². The van der Waals surface area contributed by atoms with Crippen LogP contribution in [-0.4, -0.2) is 22.4 Å². The molecule has 0 saturated heterocycles. The second-order valence-electron chi connectivity index (χ2n) is 4.82. The van der Waals surface area contributed by atoms with Crippen LogP contribution >= 0.6 is 0 Å². The van der Waals surface area contributed by atoms with E-state index in [0.717, 1.165) is 23.8 Å². The fraction of sp³-hybridized carbons (Fsp3) is 0.133. The van der Waals surface area contributed by atoms with Gasteiger partial charge < -0.3 is 10.1 Å². The molecule has 124 valence electrons. The van der Waals surface area contributed by atoms with Crippen LogP contribution in [0.25, 0.3) is 0 Å². The van der Waals surface area contributed by atoms with Gasteiger partial charge in [-0.15, -0.1) is 0 Å². The Balaban J connectivity index is 2.08. The van der Waals surface area contributed by atoms with Crippen molar-refractivity contribution in [1.82, 2.24) is 0 Å². The van der Waals surface area contributed by atoms with E-state index in [2.05, 4.69) is 5.32 Å². The number of rotatable bonds is 6. The summed E-state index contributed by atoms with van der Waals surface area (Å²) in [6, 6.07) is 10.1. The van der Waals surface area contributed by atoms with Crippen LogP contribution in [-0.2, 0) is 4.79 Å². The highest BCUT2D eigenvalue weighted by Gasteiger charge is 2.21. The second-order valence-corrected chi connectivity index (χ2v) is 4.82. The highest BCUT2D eigenvalue weighted by atomic mass is 16.6. The number of carbonyl (C=O) groups excluding carboxylic acids is 1. The Kier molecular flexibility index (Phi) is 5.05. The predicted molar refractivity (Wildman–Crippen MR) is 85.1 cm³/mol. The SMILES string of the molecule is Cc1ccccc1NC(=O)COc1ccc([N+](=O)[O-])cc1[N+](=O)[O-]. The molecule has 0 radical (unpaired) electrons. The monoisotopic (exact) mass is 331 g/mol. The number of hydrogen-bond acceptors (Lipinski definition) is 6. The van der Waals surface area contributed by atoms with E-state index in [4.69, 9.17) is 4.74 Å². The fourth-order valence-electron chi connectivity index (χ4n) is 1.93. The van der Waals surface area contributed by atoms with Crippen LogP contribution in [0.3, 0.4) is 0 Å². The number of para-hydroxylation sites is 1. The van der Waals surface area contributed by atoms with Crippen LogP contribution in [0, 0.1) is 27.2 Å². The maximum absolute atomic E-state index is 11.9. The first-order valence-electron chi connectivity index (χ1n) is 6.79. The summed E-state index contributed by atoms with van der Waals surface area (Å²) in [4.78, 5) is 32.0. The summed E-state index contributed by atoms with van der Waals surface area (Å²) in [6.45, 7) is 1.35. The Morgan fingerprint density at radius 2 is 1.83 bits per heavy atom. The highest BCUT2D eigenvalue weighted by molar-refractivity contribution is 5.92. The van der Waals surface area contributed by atoms with E-state index in [9.17, 15) is 25.0 Å². The Morgan fingerprint density at radius 3 is 2.46 bits per heavy atom. The van der Waals surface area contributed by atoms with Gasteiger partial charge in [0.2, 0.25) is 0 Å². The van der Waals surface area contributed by atoms with Gasteiger partial charge in [-0.1, -0.05) is 18.2 Å². The summed E-state index contributed by atoms with van der Waals surface area (Å²) in [5.41, 5.74) is 0.447. The molecule has 2 aromatic carbocycles. The van der Waals surface area contributed by atoms with Crippen molar-refractivity contribution in [2.24, 2.45) is 0 Å². The Morgan fingerprint density at radius 1 is 1.12 bits per heavy atom. The number of amides is 1. The number of anilines is 1. The molecule has 0 heterocycles. The van der Waals surface area contributed by atoms with Crippen molar-refractivity contribution in [3.63, 3.8) is 0 Å². The largest absolute Gasteiger partial charge is 0.477 e. The number of nitrogens with zero attached hydrogens (tertiary/aromatic N) is 2. The van der Waals surface area contributed by atoms with Gasteiger partial charge in [0.1, 0.15) is 0 Å². The van der Waals surface area contributed by atoms with Gasteiger partial charge in [-0.25, -0.2) is 0 Å². The first-order valence-corrected chi connectivity index (χ1v) is 6.79. The summed E-state index contributed by atoms with van der Waals surface area (Å²) in [7, 11) is 0. The number of benzene rings is 2. The molecule has 24 heavy (non-hydrogen) atoms. The van der Waals surface area contributed by atoms with Gasteiger partial charge >= 0.3 is 5.69 Å². The molecule has 0 aliphatic rings. The van der Waals surface area contributed by atoms with Crippen LogP contribution < -0.4 is 10.1 Å². The Bertz CT molecular complexity index is 806. The van der Waals surface area contributed by atoms with Gasteiger partial charge in [0.05, 0.1) is 15.9 Å². The third kappa shape index (κ3) is 4.03. The zero-order valence-electron chi connectivity index (χ0n) is 12.6. The van der Waals surface area contributed by atoms with Crippen LogP contribution in [0.2, 0.25) is 0 Å². The van der Waals surface area contributed by atoms with Gasteiger partial charge in [0, 0.05) is 11.8 Å². The lowest BCUT2D eigenvalue weighted by Gasteiger charge is -2.09.